The molecule has 2 nitrogen and oxygen atoms in total. The minimum absolute atomic E-state index is 0.138. The average Bonchev–Trinajstić information content (AvgIpc) is 2.47. The maximum atomic E-state index is 2.78. The Hall–Kier alpha value is 0.350. The van der Waals surface area contributed by atoms with E-state index in [1.54, 1.807) is 0 Å². The van der Waals surface area contributed by atoms with Gasteiger partial charge in [-0.3, -0.25) is 9.34 Å². The van der Waals surface area contributed by atoms with Crippen LogP contribution in [0.25, 0.3) is 0 Å². The fourth-order valence-corrected chi connectivity index (χ4v) is 7.78. The lowest BCUT2D eigenvalue weighted by atomic mass is 9.77. The Bertz CT molecular complexity index is 262. The highest BCUT2D eigenvalue weighted by molar-refractivity contribution is 7.53. The maximum absolute atomic E-state index is 2.78. The van der Waals surface area contributed by atoms with Crippen LogP contribution in [0, 0.1) is 17.8 Å². The van der Waals surface area contributed by atoms with E-state index >= 15 is 0 Å². The van der Waals surface area contributed by atoms with E-state index in [9.17, 15) is 0 Å². The minimum Gasteiger partial charge on any atom is -0.270 e. The first-order valence-corrected chi connectivity index (χ1v) is 10.6. The molecule has 0 aliphatic heterocycles. The summed E-state index contributed by atoms with van der Waals surface area (Å²) in [4.78, 5) is 0. The monoisotopic (exact) mass is 314 g/mol. The Morgan fingerprint density at radius 3 is 1.76 bits per heavy atom. The van der Waals surface area contributed by atoms with Gasteiger partial charge in [0.25, 0.3) is 0 Å². The summed E-state index contributed by atoms with van der Waals surface area (Å²) in [6, 6.07) is 0. The van der Waals surface area contributed by atoms with Crippen molar-refractivity contribution >= 4 is 8.22 Å². The van der Waals surface area contributed by atoms with E-state index in [0.717, 1.165) is 23.4 Å². The molecule has 0 amide bonds. The van der Waals surface area contributed by atoms with Crippen molar-refractivity contribution in [2.24, 2.45) is 17.8 Å². The third-order valence-corrected chi connectivity index (χ3v) is 8.80. The summed E-state index contributed by atoms with van der Waals surface area (Å²) in [6.45, 7) is 21.6. The third kappa shape index (κ3) is 4.91. The molecule has 0 aromatic rings. The first-order chi connectivity index (χ1) is 9.99. The van der Waals surface area contributed by atoms with Crippen molar-refractivity contribution < 1.29 is 0 Å². The van der Waals surface area contributed by atoms with Gasteiger partial charge in [-0.05, 0) is 30.6 Å². The summed E-state index contributed by atoms with van der Waals surface area (Å²) in [5.74, 6) is 2.67. The van der Waals surface area contributed by atoms with Gasteiger partial charge >= 0.3 is 0 Å². The van der Waals surface area contributed by atoms with Gasteiger partial charge in [-0.1, -0.05) is 54.9 Å². The van der Waals surface area contributed by atoms with Crippen LogP contribution in [0.2, 0.25) is 0 Å². The Morgan fingerprint density at radius 2 is 1.38 bits per heavy atom. The SMILES string of the molecule is CCN(CC)P(C1CC(C)CCC1C(C)C)N(CC)CC. The van der Waals surface area contributed by atoms with Gasteiger partial charge in [-0.15, -0.1) is 0 Å². The molecule has 0 bridgehead atoms. The van der Waals surface area contributed by atoms with Crippen molar-refractivity contribution in [3.05, 3.63) is 0 Å². The van der Waals surface area contributed by atoms with Gasteiger partial charge in [-0.25, -0.2) is 0 Å². The Kier molecular flexibility index (Phi) is 8.76. The number of rotatable bonds is 8. The number of nitrogens with zero attached hydrogens (tertiary/aromatic N) is 2. The third-order valence-electron chi connectivity index (χ3n) is 5.32. The predicted molar refractivity (Wildman–Crippen MR) is 97.9 cm³/mol. The highest BCUT2D eigenvalue weighted by atomic mass is 31.1. The van der Waals surface area contributed by atoms with Crippen LogP contribution in [0.4, 0.5) is 0 Å². The summed E-state index contributed by atoms with van der Waals surface area (Å²) in [5, 5.41) is 0. The molecule has 0 N–H and O–H groups in total. The molecule has 0 aromatic carbocycles. The predicted octanol–water partition coefficient (Wildman–Crippen LogP) is 5.44. The largest absolute Gasteiger partial charge is 0.270 e. The zero-order valence-electron chi connectivity index (χ0n) is 15.6. The lowest BCUT2D eigenvalue weighted by molar-refractivity contribution is 0.229. The van der Waals surface area contributed by atoms with Gasteiger partial charge in [0.2, 0.25) is 0 Å². The van der Waals surface area contributed by atoms with E-state index in [2.05, 4.69) is 57.8 Å². The number of hydrogen-bond acceptors (Lipinski definition) is 2. The molecule has 3 unspecified atom stereocenters. The van der Waals surface area contributed by atoms with Crippen molar-refractivity contribution in [2.45, 2.75) is 73.4 Å². The van der Waals surface area contributed by atoms with E-state index in [-0.39, 0.29) is 8.22 Å². The molecule has 1 saturated carbocycles. The molecule has 1 aliphatic carbocycles. The van der Waals surface area contributed by atoms with Crippen LogP contribution >= 0.6 is 8.22 Å². The average molecular weight is 314 g/mol. The van der Waals surface area contributed by atoms with E-state index in [1.807, 2.05) is 0 Å². The molecule has 1 aliphatic rings. The van der Waals surface area contributed by atoms with E-state index in [4.69, 9.17) is 0 Å². The molecule has 3 atom stereocenters. The quantitative estimate of drug-likeness (QED) is 0.550. The van der Waals surface area contributed by atoms with Crippen molar-refractivity contribution in [2.75, 3.05) is 26.2 Å². The summed E-state index contributed by atoms with van der Waals surface area (Å²) in [7, 11) is -0.138. The van der Waals surface area contributed by atoms with E-state index in [0.29, 0.717) is 0 Å². The van der Waals surface area contributed by atoms with Crippen LogP contribution < -0.4 is 0 Å². The summed E-state index contributed by atoms with van der Waals surface area (Å²) in [5.41, 5.74) is 0.906. The molecule has 126 valence electrons. The van der Waals surface area contributed by atoms with Gasteiger partial charge in [0.1, 0.15) is 0 Å². The fourth-order valence-electron chi connectivity index (χ4n) is 4.04. The first kappa shape index (κ1) is 19.4. The lowest BCUT2D eigenvalue weighted by Gasteiger charge is -2.49. The molecule has 0 saturated heterocycles. The first-order valence-electron chi connectivity index (χ1n) is 9.28. The van der Waals surface area contributed by atoms with Gasteiger partial charge < -0.3 is 0 Å². The molecular weight excluding hydrogens is 275 g/mol. The highest BCUT2D eigenvalue weighted by Crippen LogP contribution is 2.57. The molecule has 0 spiro atoms. The second-order valence-electron chi connectivity index (χ2n) is 6.99. The van der Waals surface area contributed by atoms with Crippen LogP contribution in [0.3, 0.4) is 0 Å². The zero-order valence-corrected chi connectivity index (χ0v) is 16.5. The van der Waals surface area contributed by atoms with Crippen molar-refractivity contribution in [3.63, 3.8) is 0 Å². The van der Waals surface area contributed by atoms with E-state index < -0.39 is 0 Å². The smallest absolute Gasteiger partial charge is 0.0430 e. The van der Waals surface area contributed by atoms with Gasteiger partial charge in [-0.2, -0.15) is 0 Å². The van der Waals surface area contributed by atoms with Crippen LogP contribution in [-0.2, 0) is 0 Å². The second kappa shape index (κ2) is 9.48. The second-order valence-corrected chi connectivity index (χ2v) is 9.43. The molecule has 0 aromatic heterocycles. The summed E-state index contributed by atoms with van der Waals surface area (Å²) in [6.07, 6.45) is 4.34. The van der Waals surface area contributed by atoms with Crippen LogP contribution in [-0.4, -0.2) is 41.2 Å². The zero-order chi connectivity index (χ0) is 16.0. The Morgan fingerprint density at radius 1 is 0.905 bits per heavy atom. The lowest BCUT2D eigenvalue weighted by Crippen LogP contribution is -2.41. The highest BCUT2D eigenvalue weighted by Gasteiger charge is 2.40. The molecular formula is C18H39N2P. The maximum Gasteiger partial charge on any atom is 0.0430 e. The molecule has 1 fully saturated rings. The van der Waals surface area contributed by atoms with Gasteiger partial charge in [0.15, 0.2) is 0 Å². The van der Waals surface area contributed by atoms with Crippen LogP contribution in [0.15, 0.2) is 0 Å². The van der Waals surface area contributed by atoms with Crippen LogP contribution in [0.1, 0.15) is 67.7 Å². The number of hydrogen-bond donors (Lipinski definition) is 0. The molecule has 3 heteroatoms. The van der Waals surface area contributed by atoms with Crippen molar-refractivity contribution in [3.8, 4) is 0 Å². The standard InChI is InChI=1S/C18H39N2P/c1-8-19(9-2)21(20(10-3)11-4)18-14-16(7)12-13-17(18)15(5)6/h15-18H,8-14H2,1-7H3. The Labute approximate surface area is 135 Å². The fraction of sp³-hybridized carbons (Fsp3) is 1.00. The summed E-state index contributed by atoms with van der Waals surface area (Å²) < 4.78 is 5.56. The van der Waals surface area contributed by atoms with Gasteiger partial charge in [0, 0.05) is 40.1 Å². The molecule has 21 heavy (non-hydrogen) atoms. The summed E-state index contributed by atoms with van der Waals surface area (Å²) >= 11 is 0. The molecule has 1 rings (SSSR count). The van der Waals surface area contributed by atoms with Crippen LogP contribution in [0.5, 0.6) is 0 Å². The normalized spacial score (nSPS) is 27.3. The van der Waals surface area contributed by atoms with Crippen molar-refractivity contribution in [1.82, 2.24) is 9.34 Å². The van der Waals surface area contributed by atoms with Gasteiger partial charge in [0.05, 0.1) is 0 Å². The minimum atomic E-state index is -0.138. The topological polar surface area (TPSA) is 6.48 Å². The van der Waals surface area contributed by atoms with Crippen molar-refractivity contribution in [1.29, 1.82) is 0 Å². The Balaban J connectivity index is 3.06. The van der Waals surface area contributed by atoms with E-state index in [1.165, 1.54) is 45.4 Å². The molecule has 0 heterocycles. The molecule has 0 radical (unpaired) electrons.